The van der Waals surface area contributed by atoms with Gasteiger partial charge >= 0.3 is 0 Å². The van der Waals surface area contributed by atoms with Gasteiger partial charge in [0, 0.05) is 6.42 Å². The summed E-state index contributed by atoms with van der Waals surface area (Å²) in [5.41, 5.74) is 6.06. The van der Waals surface area contributed by atoms with E-state index in [0.29, 0.717) is 24.5 Å². The third kappa shape index (κ3) is 2.59. The van der Waals surface area contributed by atoms with Crippen LogP contribution in [-0.4, -0.2) is 26.8 Å². The van der Waals surface area contributed by atoms with Crippen LogP contribution in [0, 0.1) is 5.82 Å². The van der Waals surface area contributed by atoms with E-state index in [2.05, 4.69) is 15.5 Å². The average Bonchev–Trinajstić information content (AvgIpc) is 2.78. The molecule has 0 fully saturated rings. The molecule has 0 bridgehead atoms. The Morgan fingerprint density at radius 1 is 1.41 bits per heavy atom. The summed E-state index contributed by atoms with van der Waals surface area (Å²) in [6.45, 7) is 0.567. The maximum Gasteiger partial charge on any atom is 0.156 e. The van der Waals surface area contributed by atoms with Gasteiger partial charge in [-0.15, -0.1) is 5.10 Å². The predicted molar refractivity (Wildman–Crippen MR) is 61.5 cm³/mol. The molecule has 2 rings (SSSR count). The van der Waals surface area contributed by atoms with Crippen LogP contribution in [0.15, 0.2) is 18.2 Å². The van der Waals surface area contributed by atoms with Crippen LogP contribution in [0.25, 0.3) is 5.69 Å². The van der Waals surface area contributed by atoms with Crippen LogP contribution in [0.1, 0.15) is 12.2 Å². The minimum Gasteiger partial charge on any atom is -0.330 e. The van der Waals surface area contributed by atoms with Gasteiger partial charge in [-0.25, -0.2) is 4.39 Å². The zero-order valence-corrected chi connectivity index (χ0v) is 9.73. The topological polar surface area (TPSA) is 69.6 Å². The third-order valence-corrected chi connectivity index (χ3v) is 2.58. The zero-order chi connectivity index (χ0) is 12.3. The van der Waals surface area contributed by atoms with Crippen LogP contribution in [0.5, 0.6) is 0 Å². The van der Waals surface area contributed by atoms with Crippen LogP contribution < -0.4 is 5.73 Å². The number of hydrogen-bond acceptors (Lipinski definition) is 4. The highest BCUT2D eigenvalue weighted by molar-refractivity contribution is 6.30. The molecule has 0 amide bonds. The van der Waals surface area contributed by atoms with E-state index >= 15 is 0 Å². The van der Waals surface area contributed by atoms with Gasteiger partial charge in [-0.3, -0.25) is 0 Å². The van der Waals surface area contributed by atoms with E-state index in [1.165, 1.54) is 16.8 Å². The van der Waals surface area contributed by atoms with Crippen molar-refractivity contribution in [1.82, 2.24) is 20.2 Å². The molecular formula is C10H11ClFN5. The number of hydrogen-bond donors (Lipinski definition) is 1. The first-order chi connectivity index (χ1) is 8.22. The average molecular weight is 256 g/mol. The normalized spacial score (nSPS) is 10.8. The Balaban J connectivity index is 2.32. The molecule has 0 saturated carbocycles. The zero-order valence-electron chi connectivity index (χ0n) is 8.98. The quantitative estimate of drug-likeness (QED) is 0.895. The molecule has 0 aliphatic rings. The molecular weight excluding hydrogens is 245 g/mol. The molecule has 0 unspecified atom stereocenters. The Morgan fingerprint density at radius 3 is 2.94 bits per heavy atom. The lowest BCUT2D eigenvalue weighted by Crippen LogP contribution is -2.07. The van der Waals surface area contributed by atoms with Crippen molar-refractivity contribution in [2.75, 3.05) is 6.54 Å². The first-order valence-electron chi connectivity index (χ1n) is 5.15. The minimum atomic E-state index is -0.466. The monoisotopic (exact) mass is 255 g/mol. The van der Waals surface area contributed by atoms with E-state index in [1.807, 2.05) is 0 Å². The summed E-state index contributed by atoms with van der Waals surface area (Å²) in [5, 5.41) is 11.4. The summed E-state index contributed by atoms with van der Waals surface area (Å²) in [5.74, 6) is 0.213. The molecule has 1 heterocycles. The Morgan fingerprint density at radius 2 is 2.24 bits per heavy atom. The highest BCUT2D eigenvalue weighted by Crippen LogP contribution is 2.18. The molecule has 0 aliphatic carbocycles. The molecule has 90 valence electrons. The Labute approximate surface area is 102 Å². The smallest absolute Gasteiger partial charge is 0.156 e. The number of nitrogens with two attached hydrogens (primary N) is 1. The van der Waals surface area contributed by atoms with E-state index < -0.39 is 5.82 Å². The number of nitrogens with zero attached hydrogens (tertiary/aromatic N) is 4. The molecule has 0 spiro atoms. The maximum absolute atomic E-state index is 13.0. The lowest BCUT2D eigenvalue weighted by Gasteiger charge is -2.04. The highest BCUT2D eigenvalue weighted by Gasteiger charge is 2.09. The number of halogens is 2. The molecule has 0 radical (unpaired) electrons. The van der Waals surface area contributed by atoms with Crippen molar-refractivity contribution in [2.24, 2.45) is 5.73 Å². The van der Waals surface area contributed by atoms with E-state index in [0.717, 1.165) is 6.42 Å². The second-order valence-corrected chi connectivity index (χ2v) is 3.90. The van der Waals surface area contributed by atoms with E-state index in [9.17, 15) is 4.39 Å². The number of aromatic nitrogens is 4. The second kappa shape index (κ2) is 5.20. The van der Waals surface area contributed by atoms with Crippen molar-refractivity contribution in [2.45, 2.75) is 12.8 Å². The van der Waals surface area contributed by atoms with Gasteiger partial charge in [-0.2, -0.15) is 4.68 Å². The summed E-state index contributed by atoms with van der Waals surface area (Å²) >= 11 is 5.71. The van der Waals surface area contributed by atoms with E-state index in [-0.39, 0.29) is 5.02 Å². The van der Waals surface area contributed by atoms with Crippen LogP contribution >= 0.6 is 11.6 Å². The lowest BCUT2D eigenvalue weighted by molar-refractivity contribution is 0.626. The summed E-state index contributed by atoms with van der Waals surface area (Å²) in [6, 6.07) is 4.34. The summed E-state index contributed by atoms with van der Waals surface area (Å²) in [4.78, 5) is 0. The van der Waals surface area contributed by atoms with Crippen molar-refractivity contribution in [3.8, 4) is 5.69 Å². The van der Waals surface area contributed by atoms with Gasteiger partial charge in [-0.1, -0.05) is 11.6 Å². The Bertz CT molecular complexity index is 513. The number of benzene rings is 1. The van der Waals surface area contributed by atoms with Gasteiger partial charge in [-0.05, 0) is 41.6 Å². The number of tetrazole rings is 1. The summed E-state index contributed by atoms with van der Waals surface area (Å²) in [7, 11) is 0. The number of aryl methyl sites for hydroxylation is 1. The minimum absolute atomic E-state index is 0.0442. The van der Waals surface area contributed by atoms with Crippen LogP contribution in [0.4, 0.5) is 4.39 Å². The molecule has 0 aliphatic heterocycles. The molecule has 1 aromatic carbocycles. The van der Waals surface area contributed by atoms with Gasteiger partial charge in [0.2, 0.25) is 0 Å². The fourth-order valence-corrected chi connectivity index (χ4v) is 1.61. The van der Waals surface area contributed by atoms with Gasteiger partial charge in [0.15, 0.2) is 5.82 Å². The summed E-state index contributed by atoms with van der Waals surface area (Å²) in [6.07, 6.45) is 1.45. The molecule has 2 N–H and O–H groups in total. The first-order valence-corrected chi connectivity index (χ1v) is 5.53. The lowest BCUT2D eigenvalue weighted by atomic mass is 10.2. The standard InChI is InChI=1S/C10H11ClFN5/c11-8-6-7(3-4-9(8)12)17-10(2-1-5-13)14-15-16-17/h3-4,6H,1-2,5,13H2. The molecule has 5 nitrogen and oxygen atoms in total. The Hall–Kier alpha value is -1.53. The molecule has 17 heavy (non-hydrogen) atoms. The maximum atomic E-state index is 13.0. The largest absolute Gasteiger partial charge is 0.330 e. The van der Waals surface area contributed by atoms with Crippen LogP contribution in [0.3, 0.4) is 0 Å². The van der Waals surface area contributed by atoms with Crippen LogP contribution in [0.2, 0.25) is 5.02 Å². The van der Waals surface area contributed by atoms with Gasteiger partial charge in [0.25, 0.3) is 0 Å². The molecule has 7 heteroatoms. The second-order valence-electron chi connectivity index (χ2n) is 3.50. The van der Waals surface area contributed by atoms with Crippen molar-refractivity contribution >= 4 is 11.6 Å². The van der Waals surface area contributed by atoms with Crippen molar-refractivity contribution < 1.29 is 4.39 Å². The van der Waals surface area contributed by atoms with Gasteiger partial charge in [0.1, 0.15) is 5.82 Å². The first kappa shape index (κ1) is 11.9. The third-order valence-electron chi connectivity index (χ3n) is 2.29. The van der Waals surface area contributed by atoms with Crippen molar-refractivity contribution in [3.63, 3.8) is 0 Å². The fraction of sp³-hybridized carbons (Fsp3) is 0.300. The molecule has 2 aromatic rings. The van der Waals surface area contributed by atoms with Crippen molar-refractivity contribution in [3.05, 3.63) is 34.9 Å². The van der Waals surface area contributed by atoms with Gasteiger partial charge in [0.05, 0.1) is 10.7 Å². The van der Waals surface area contributed by atoms with E-state index in [4.69, 9.17) is 17.3 Å². The van der Waals surface area contributed by atoms with Gasteiger partial charge < -0.3 is 5.73 Å². The fourth-order valence-electron chi connectivity index (χ4n) is 1.44. The van der Waals surface area contributed by atoms with E-state index in [1.54, 1.807) is 6.07 Å². The molecule has 0 atom stereocenters. The molecule has 1 aromatic heterocycles. The Kier molecular flexibility index (Phi) is 3.65. The highest BCUT2D eigenvalue weighted by atomic mass is 35.5. The molecule has 0 saturated heterocycles. The van der Waals surface area contributed by atoms with Crippen LogP contribution in [-0.2, 0) is 6.42 Å². The SMILES string of the molecule is NCCCc1nnnn1-c1ccc(F)c(Cl)c1. The summed E-state index contributed by atoms with van der Waals surface area (Å²) < 4.78 is 14.6. The number of rotatable bonds is 4. The van der Waals surface area contributed by atoms with Crippen molar-refractivity contribution in [1.29, 1.82) is 0 Å². The predicted octanol–water partition coefficient (Wildman–Crippen LogP) is 1.35.